The summed E-state index contributed by atoms with van der Waals surface area (Å²) in [6.07, 6.45) is 3.28. The van der Waals surface area contributed by atoms with Crippen molar-refractivity contribution >= 4 is 66.4 Å². The fraction of sp³-hybridized carbons (Fsp3) is 0.379. The van der Waals surface area contributed by atoms with Gasteiger partial charge in [0.15, 0.2) is 0 Å². The van der Waals surface area contributed by atoms with Crippen LogP contribution >= 0.6 is 66.4 Å². The van der Waals surface area contributed by atoms with Crippen molar-refractivity contribution in [2.75, 3.05) is 4.43 Å². The summed E-state index contributed by atoms with van der Waals surface area (Å²) >= 11 is 3.96. The zero-order chi connectivity index (χ0) is 25.9. The van der Waals surface area contributed by atoms with Crippen molar-refractivity contribution in [2.45, 2.75) is 65.7 Å². The van der Waals surface area contributed by atoms with E-state index in [1.54, 1.807) is 0 Å². The van der Waals surface area contributed by atoms with Gasteiger partial charge in [0.2, 0.25) is 0 Å². The molecule has 0 aliphatic heterocycles. The van der Waals surface area contributed by atoms with Crippen molar-refractivity contribution in [1.29, 1.82) is 0 Å². The van der Waals surface area contributed by atoms with Crippen molar-refractivity contribution in [3.05, 3.63) is 80.5 Å². The van der Waals surface area contributed by atoms with Crippen molar-refractivity contribution in [3.8, 4) is 17.2 Å². The summed E-state index contributed by atoms with van der Waals surface area (Å²) in [6, 6.07) is 12.2. The Labute approximate surface area is 247 Å². The predicted octanol–water partition coefficient (Wildman–Crippen LogP) is 8.94. The van der Waals surface area contributed by atoms with Gasteiger partial charge in [0.1, 0.15) is 0 Å². The number of halogens is 3. The van der Waals surface area contributed by atoms with Gasteiger partial charge in [0.25, 0.3) is 0 Å². The summed E-state index contributed by atoms with van der Waals surface area (Å²) in [5, 5.41) is 31.2. The average molecular weight is 812 g/mol. The Hall–Kier alpha value is -0.750. The number of rotatable bonds is 9. The van der Waals surface area contributed by atoms with Gasteiger partial charge in [-0.15, -0.1) is 0 Å². The number of aromatic hydroxyl groups is 3. The van der Waals surface area contributed by atoms with E-state index >= 15 is 0 Å². The van der Waals surface area contributed by atoms with Crippen molar-refractivity contribution < 1.29 is 15.3 Å². The number of alkyl halides is 1. The van der Waals surface area contributed by atoms with Crippen LogP contribution in [0.4, 0.5) is 0 Å². The molecule has 35 heavy (non-hydrogen) atoms. The molecule has 3 N–H and O–H groups in total. The van der Waals surface area contributed by atoms with Crippen LogP contribution in [0.15, 0.2) is 36.4 Å². The average Bonchev–Trinajstić information content (AvgIpc) is 2.79. The Balaban J connectivity index is 2.12. The third kappa shape index (κ3) is 6.97. The van der Waals surface area contributed by atoms with Gasteiger partial charge in [-0.1, -0.05) is 0 Å². The monoisotopic (exact) mass is 812 g/mol. The van der Waals surface area contributed by atoms with Gasteiger partial charge in [-0.05, 0) is 0 Å². The molecular weight excluding hydrogens is 777 g/mol. The number of phenolic OH excluding ortho intramolecular Hbond substituents is 3. The van der Waals surface area contributed by atoms with E-state index in [4.69, 9.17) is 0 Å². The molecule has 0 amide bonds. The Kier molecular flexibility index (Phi) is 10.4. The number of aryl methyl sites for hydroxylation is 3. The Morgan fingerprint density at radius 1 is 0.743 bits per heavy atom. The standard InChI is InChI=1S/C29H35I3O3/c1-6-7-8-32-26-15-22(19(5)12-29(26)35)23(21-14-25(31)28(34)11-18(21)4)9-16(2)20-13-24(30)27(33)10-17(20)3/h10-16,23,32-35H,6-9H2,1-5H3. The van der Waals surface area contributed by atoms with Crippen LogP contribution in [-0.4, -0.2) is 19.7 Å². The molecule has 2 unspecified atom stereocenters. The SMILES string of the molecule is CCCC[IH]c1cc(C(CC(C)c2cc(I)c(O)cc2C)c2cc(I)c(O)cc2C)c(C)cc1O. The van der Waals surface area contributed by atoms with Crippen LogP contribution in [0, 0.1) is 31.5 Å². The topological polar surface area (TPSA) is 60.7 Å². The molecule has 0 aliphatic carbocycles. The molecular formula is C29H35I3O3. The van der Waals surface area contributed by atoms with E-state index in [2.05, 4.69) is 98.0 Å². The molecule has 2 atom stereocenters. The van der Waals surface area contributed by atoms with E-state index in [1.165, 1.54) is 34.0 Å². The zero-order valence-electron chi connectivity index (χ0n) is 21.0. The summed E-state index contributed by atoms with van der Waals surface area (Å²) in [7, 11) is 0. The molecule has 0 fully saturated rings. The molecule has 0 saturated carbocycles. The molecule has 0 spiro atoms. The summed E-state index contributed by atoms with van der Waals surface area (Å²) in [5.41, 5.74) is 7.01. The molecule has 3 nitrogen and oxygen atoms in total. The van der Waals surface area contributed by atoms with Crippen LogP contribution in [0.1, 0.15) is 78.3 Å². The molecule has 3 aromatic rings. The van der Waals surface area contributed by atoms with Gasteiger partial charge in [-0.25, -0.2) is 0 Å². The molecule has 0 aliphatic rings. The first-order chi connectivity index (χ1) is 16.5. The van der Waals surface area contributed by atoms with Gasteiger partial charge in [0, 0.05) is 0 Å². The maximum atomic E-state index is 10.7. The number of benzene rings is 3. The second-order valence-corrected chi connectivity index (χ2v) is 15.0. The summed E-state index contributed by atoms with van der Waals surface area (Å²) in [5.74, 6) is 1.47. The fourth-order valence-electron chi connectivity index (χ4n) is 4.68. The minimum absolute atomic E-state index is 0.128. The molecule has 0 aromatic heterocycles. The number of phenols is 3. The molecule has 190 valence electrons. The van der Waals surface area contributed by atoms with Crippen LogP contribution in [0.25, 0.3) is 0 Å². The van der Waals surface area contributed by atoms with Crippen LogP contribution in [0.5, 0.6) is 17.2 Å². The first-order valence-electron chi connectivity index (χ1n) is 12.0. The van der Waals surface area contributed by atoms with E-state index in [1.807, 2.05) is 18.2 Å². The van der Waals surface area contributed by atoms with Gasteiger partial charge in [-0.3, -0.25) is 0 Å². The van der Waals surface area contributed by atoms with Gasteiger partial charge in [-0.2, -0.15) is 0 Å². The quantitative estimate of drug-likeness (QED) is 0.115. The molecule has 6 heteroatoms. The van der Waals surface area contributed by atoms with Gasteiger partial charge < -0.3 is 0 Å². The third-order valence-electron chi connectivity index (χ3n) is 6.65. The normalized spacial score (nSPS) is 13.2. The van der Waals surface area contributed by atoms with Crippen molar-refractivity contribution in [3.63, 3.8) is 0 Å². The van der Waals surface area contributed by atoms with E-state index in [9.17, 15) is 15.3 Å². The maximum absolute atomic E-state index is 10.7. The van der Waals surface area contributed by atoms with Crippen molar-refractivity contribution in [2.24, 2.45) is 0 Å². The first kappa shape index (κ1) is 28.8. The van der Waals surface area contributed by atoms with E-state index < -0.39 is 21.2 Å². The number of hydrogen-bond donors (Lipinski definition) is 3. The molecule has 0 heterocycles. The van der Waals surface area contributed by atoms with Crippen LogP contribution in [-0.2, 0) is 0 Å². The fourth-order valence-corrected chi connectivity index (χ4v) is 8.71. The van der Waals surface area contributed by atoms with E-state index in [-0.39, 0.29) is 11.8 Å². The van der Waals surface area contributed by atoms with E-state index in [0.29, 0.717) is 17.2 Å². The Bertz CT molecular complexity index is 1210. The molecule has 0 bridgehead atoms. The minimum atomic E-state index is -0.449. The van der Waals surface area contributed by atoms with Crippen LogP contribution in [0.3, 0.4) is 0 Å². The Morgan fingerprint density at radius 2 is 1.23 bits per heavy atom. The molecule has 0 saturated heterocycles. The zero-order valence-corrected chi connectivity index (χ0v) is 27.6. The third-order valence-corrected chi connectivity index (χ3v) is 11.6. The van der Waals surface area contributed by atoms with Gasteiger partial charge in [0.05, 0.1) is 0 Å². The predicted molar refractivity (Wildman–Crippen MR) is 173 cm³/mol. The summed E-state index contributed by atoms with van der Waals surface area (Å²) < 4.78 is 4.06. The first-order valence-corrected chi connectivity index (χ1v) is 16.9. The van der Waals surface area contributed by atoms with Crippen molar-refractivity contribution in [1.82, 2.24) is 0 Å². The van der Waals surface area contributed by atoms with Crippen LogP contribution in [0.2, 0.25) is 0 Å². The molecule has 3 aromatic carbocycles. The second kappa shape index (κ2) is 12.7. The van der Waals surface area contributed by atoms with E-state index in [0.717, 1.165) is 33.8 Å². The van der Waals surface area contributed by atoms with Gasteiger partial charge >= 0.3 is 250 Å². The number of unbranched alkanes of at least 4 members (excludes halogenated alkanes) is 1. The molecule has 3 rings (SSSR count). The number of hydrogen-bond acceptors (Lipinski definition) is 3. The van der Waals surface area contributed by atoms with Crippen LogP contribution < -0.4 is 0 Å². The Morgan fingerprint density at radius 3 is 1.80 bits per heavy atom. The summed E-state index contributed by atoms with van der Waals surface area (Å²) in [4.78, 5) is 0. The summed E-state index contributed by atoms with van der Waals surface area (Å²) in [6.45, 7) is 10.7. The molecule has 0 radical (unpaired) electrons. The second-order valence-electron chi connectivity index (χ2n) is 9.39.